The van der Waals surface area contributed by atoms with Gasteiger partial charge in [-0.25, -0.2) is 9.78 Å². The predicted octanol–water partition coefficient (Wildman–Crippen LogP) is 2.67. The number of nitrogens with zero attached hydrogens (tertiary/aromatic N) is 1. The van der Waals surface area contributed by atoms with E-state index >= 15 is 0 Å². The minimum atomic E-state index is -1.01. The van der Waals surface area contributed by atoms with Gasteiger partial charge in [0, 0.05) is 0 Å². The average Bonchev–Trinajstić information content (AvgIpc) is 2.79. The smallest absolute Gasteiger partial charge is 0.354 e. The Morgan fingerprint density at radius 2 is 2.25 bits per heavy atom. The Hall–Kier alpha value is -1.75. The van der Waals surface area contributed by atoms with E-state index < -0.39 is 5.97 Å². The summed E-state index contributed by atoms with van der Waals surface area (Å²) in [6.07, 6.45) is 1.61. The number of aromatic carboxylic acids is 1. The molecule has 0 amide bonds. The fourth-order valence-electron chi connectivity index (χ4n) is 1.15. The highest BCUT2D eigenvalue weighted by Gasteiger charge is 2.06. The number of hydrogen-bond acceptors (Lipinski definition) is 4. The molecule has 5 heteroatoms. The first-order chi connectivity index (χ1) is 7.75. The quantitative estimate of drug-likeness (QED) is 0.825. The summed E-state index contributed by atoms with van der Waals surface area (Å²) in [4.78, 5) is 14.7. The van der Waals surface area contributed by atoms with E-state index in [-0.39, 0.29) is 5.69 Å². The van der Waals surface area contributed by atoms with Crippen LogP contribution in [-0.4, -0.2) is 16.1 Å². The maximum absolute atomic E-state index is 10.7. The molecule has 4 nitrogen and oxygen atoms in total. The monoisotopic (exact) mass is 235 g/mol. The van der Waals surface area contributed by atoms with Crippen LogP contribution in [0, 0.1) is 0 Å². The van der Waals surface area contributed by atoms with Crippen LogP contribution in [0.2, 0.25) is 0 Å². The molecule has 16 heavy (non-hydrogen) atoms. The van der Waals surface area contributed by atoms with Gasteiger partial charge in [0.1, 0.15) is 11.5 Å². The topological polar surface area (TPSA) is 63.3 Å². The highest BCUT2D eigenvalue weighted by molar-refractivity contribution is 7.98. The molecule has 0 saturated carbocycles. The maximum atomic E-state index is 10.7. The Kier molecular flexibility index (Phi) is 3.26. The minimum Gasteiger partial charge on any atom is -0.477 e. The minimum absolute atomic E-state index is 0.0597. The van der Waals surface area contributed by atoms with E-state index in [0.29, 0.717) is 10.8 Å². The van der Waals surface area contributed by atoms with Crippen LogP contribution >= 0.6 is 11.8 Å². The summed E-state index contributed by atoms with van der Waals surface area (Å²) >= 11 is 1.44. The zero-order valence-electron chi connectivity index (χ0n) is 8.29. The molecule has 0 saturated heterocycles. The second-order valence-corrected chi connectivity index (χ2v) is 4.03. The lowest BCUT2D eigenvalue weighted by Gasteiger charge is -1.99. The molecule has 0 fully saturated rings. The van der Waals surface area contributed by atoms with E-state index in [1.807, 2.05) is 12.1 Å². The van der Waals surface area contributed by atoms with E-state index in [1.165, 1.54) is 17.8 Å². The lowest BCUT2D eigenvalue weighted by Crippen LogP contribution is -1.99. The van der Waals surface area contributed by atoms with Gasteiger partial charge in [0.2, 0.25) is 0 Å². The molecule has 0 aliphatic carbocycles. The van der Waals surface area contributed by atoms with Crippen molar-refractivity contribution in [3.63, 3.8) is 0 Å². The first kappa shape index (κ1) is 10.8. The van der Waals surface area contributed by atoms with Crippen molar-refractivity contribution in [2.75, 3.05) is 0 Å². The molecule has 0 aliphatic heterocycles. The molecular formula is C11H9NO3S. The maximum Gasteiger partial charge on any atom is 0.354 e. The molecular weight excluding hydrogens is 226 g/mol. The molecule has 1 N–H and O–H groups in total. The number of furan rings is 1. The Labute approximate surface area is 96.3 Å². The molecule has 82 valence electrons. The van der Waals surface area contributed by atoms with Gasteiger partial charge in [0.05, 0.1) is 17.0 Å². The highest BCUT2D eigenvalue weighted by atomic mass is 32.2. The Balaban J connectivity index is 2.04. The molecule has 0 aliphatic rings. The number of aromatic nitrogens is 1. The van der Waals surface area contributed by atoms with Crippen molar-refractivity contribution in [2.45, 2.75) is 10.8 Å². The van der Waals surface area contributed by atoms with E-state index in [1.54, 1.807) is 18.4 Å². The number of carboxylic acids is 1. The largest absolute Gasteiger partial charge is 0.477 e. The van der Waals surface area contributed by atoms with Crippen molar-refractivity contribution >= 4 is 17.7 Å². The summed E-state index contributed by atoms with van der Waals surface area (Å²) in [5.74, 6) is 0.469. The Morgan fingerprint density at radius 1 is 1.38 bits per heavy atom. The molecule has 2 heterocycles. The normalized spacial score (nSPS) is 10.2. The first-order valence-corrected chi connectivity index (χ1v) is 5.60. The third-order valence-corrected chi connectivity index (χ3v) is 2.84. The predicted molar refractivity (Wildman–Crippen MR) is 59.5 cm³/mol. The number of carboxylic acid groups (broad SMARTS) is 1. The summed E-state index contributed by atoms with van der Waals surface area (Å²) in [5.41, 5.74) is 0.0597. The zero-order chi connectivity index (χ0) is 11.4. The van der Waals surface area contributed by atoms with E-state index in [9.17, 15) is 4.79 Å². The number of hydrogen-bond donors (Lipinski definition) is 1. The van der Waals surface area contributed by atoms with Gasteiger partial charge >= 0.3 is 5.97 Å². The van der Waals surface area contributed by atoms with Gasteiger partial charge in [-0.1, -0.05) is 17.8 Å². The second-order valence-electron chi connectivity index (χ2n) is 3.03. The third kappa shape index (κ3) is 2.64. The van der Waals surface area contributed by atoms with Gasteiger partial charge < -0.3 is 9.52 Å². The van der Waals surface area contributed by atoms with Crippen LogP contribution in [0.1, 0.15) is 16.2 Å². The Morgan fingerprint density at radius 3 is 2.94 bits per heavy atom. The lowest BCUT2D eigenvalue weighted by atomic mass is 10.4. The van der Waals surface area contributed by atoms with Crippen LogP contribution in [-0.2, 0) is 5.75 Å². The fourth-order valence-corrected chi connectivity index (χ4v) is 1.95. The van der Waals surface area contributed by atoms with Crippen LogP contribution in [0.25, 0.3) is 0 Å². The van der Waals surface area contributed by atoms with Gasteiger partial charge in [-0.15, -0.1) is 0 Å². The van der Waals surface area contributed by atoms with Gasteiger partial charge in [-0.2, -0.15) is 0 Å². The second kappa shape index (κ2) is 4.85. The molecule has 2 aromatic rings. The van der Waals surface area contributed by atoms with Crippen LogP contribution in [0.15, 0.2) is 46.0 Å². The van der Waals surface area contributed by atoms with E-state index in [2.05, 4.69) is 4.98 Å². The van der Waals surface area contributed by atoms with Crippen molar-refractivity contribution in [2.24, 2.45) is 0 Å². The van der Waals surface area contributed by atoms with Crippen LogP contribution < -0.4 is 0 Å². The fraction of sp³-hybridized carbons (Fsp3) is 0.0909. The first-order valence-electron chi connectivity index (χ1n) is 4.61. The molecule has 0 unspecified atom stereocenters. The zero-order valence-corrected chi connectivity index (χ0v) is 9.11. The summed E-state index contributed by atoms with van der Waals surface area (Å²) in [6.45, 7) is 0. The average molecular weight is 235 g/mol. The third-order valence-electron chi connectivity index (χ3n) is 1.89. The summed E-state index contributed by atoms with van der Waals surface area (Å²) in [7, 11) is 0. The summed E-state index contributed by atoms with van der Waals surface area (Å²) < 4.78 is 5.17. The molecule has 0 atom stereocenters. The number of pyridine rings is 1. The molecule has 0 spiro atoms. The van der Waals surface area contributed by atoms with Crippen LogP contribution in [0.3, 0.4) is 0 Å². The van der Waals surface area contributed by atoms with Crippen molar-refractivity contribution < 1.29 is 14.3 Å². The number of rotatable bonds is 4. The molecule has 0 bridgehead atoms. The van der Waals surface area contributed by atoms with Crippen molar-refractivity contribution in [1.82, 2.24) is 4.98 Å². The van der Waals surface area contributed by atoms with Crippen LogP contribution in [0.5, 0.6) is 0 Å². The van der Waals surface area contributed by atoms with Gasteiger partial charge in [0.25, 0.3) is 0 Å². The number of thioether (sulfide) groups is 1. The van der Waals surface area contributed by atoms with E-state index in [0.717, 1.165) is 5.76 Å². The molecule has 0 aromatic carbocycles. The summed E-state index contributed by atoms with van der Waals surface area (Å²) in [6, 6.07) is 8.62. The molecule has 0 radical (unpaired) electrons. The van der Waals surface area contributed by atoms with Crippen LogP contribution in [0.4, 0.5) is 0 Å². The lowest BCUT2D eigenvalue weighted by molar-refractivity contribution is 0.0689. The summed E-state index contributed by atoms with van der Waals surface area (Å²) in [5, 5.41) is 9.45. The van der Waals surface area contributed by atoms with E-state index in [4.69, 9.17) is 9.52 Å². The molecule has 2 aromatic heterocycles. The van der Waals surface area contributed by atoms with Crippen molar-refractivity contribution in [3.05, 3.63) is 48.0 Å². The Bertz CT molecular complexity index is 482. The van der Waals surface area contributed by atoms with Gasteiger partial charge in [-0.05, 0) is 24.3 Å². The van der Waals surface area contributed by atoms with Gasteiger partial charge in [0.15, 0.2) is 0 Å². The molecule has 2 rings (SSSR count). The van der Waals surface area contributed by atoms with Gasteiger partial charge in [-0.3, -0.25) is 0 Å². The SMILES string of the molecule is O=C(O)c1cccc(SCc2ccco2)n1. The van der Waals surface area contributed by atoms with Crippen molar-refractivity contribution in [1.29, 1.82) is 0 Å². The number of carbonyl (C=O) groups is 1. The standard InChI is InChI=1S/C11H9NO3S/c13-11(14)9-4-1-5-10(12-9)16-7-8-3-2-6-15-8/h1-6H,7H2,(H,13,14). The highest BCUT2D eigenvalue weighted by Crippen LogP contribution is 2.21. The van der Waals surface area contributed by atoms with Crippen molar-refractivity contribution in [3.8, 4) is 0 Å².